The predicted molar refractivity (Wildman–Crippen MR) is 166 cm³/mol. The minimum absolute atomic E-state index is 0.122. The van der Waals surface area contributed by atoms with Gasteiger partial charge in [-0.1, -0.05) is 19.1 Å². The van der Waals surface area contributed by atoms with Crippen molar-refractivity contribution in [3.8, 4) is 16.4 Å². The number of carbonyl (C=O) groups is 2. The van der Waals surface area contributed by atoms with Gasteiger partial charge in [-0.05, 0) is 92.0 Å². The highest BCUT2D eigenvalue weighted by Gasteiger charge is 2.41. The summed E-state index contributed by atoms with van der Waals surface area (Å²) in [6, 6.07) is 13.2. The Balaban J connectivity index is 1.19. The van der Waals surface area contributed by atoms with Crippen molar-refractivity contribution in [1.82, 2.24) is 19.7 Å². The topological polar surface area (TPSA) is 100 Å². The molecule has 1 aromatic carbocycles. The van der Waals surface area contributed by atoms with E-state index in [0.29, 0.717) is 34.9 Å². The quantitative estimate of drug-likeness (QED) is 0.200. The van der Waals surface area contributed by atoms with Crippen molar-refractivity contribution in [1.29, 1.82) is 0 Å². The number of alkyl halides is 3. The summed E-state index contributed by atoms with van der Waals surface area (Å²) in [5.41, 5.74) is 2.70. The molecule has 1 aliphatic carbocycles. The van der Waals surface area contributed by atoms with Crippen LogP contribution in [0.5, 0.6) is 0 Å². The standard InChI is InChI=1S/C33H34F3N5O3S/c1-3-20-16-24(9-10-25(20)21-11-13-40(14-12-21)31(42)22-7-8-22)37-17-23-15-19(2)45-29(23)27-5-4-6-28(39-27)41-30(33(34,35)36)26(18-38-41)32(43)44/h4-6,9-10,15-16,18,21-22,37H,3,7-8,11-14,17H2,1-2H3,(H,43,44). The van der Waals surface area contributed by atoms with Crippen LogP contribution in [0.15, 0.2) is 48.7 Å². The number of aromatic carboxylic acids is 1. The van der Waals surface area contributed by atoms with Crippen LogP contribution in [0.4, 0.5) is 18.9 Å². The molecule has 1 aliphatic heterocycles. The number of pyridine rings is 1. The average Bonchev–Trinajstić information content (AvgIpc) is 3.65. The number of aromatic nitrogens is 3. The van der Waals surface area contributed by atoms with Gasteiger partial charge in [0.05, 0.1) is 16.8 Å². The normalized spacial score (nSPS) is 15.8. The lowest BCUT2D eigenvalue weighted by Crippen LogP contribution is -2.38. The van der Waals surface area contributed by atoms with Gasteiger partial charge in [-0.3, -0.25) is 4.79 Å². The fraction of sp³-hybridized carbons (Fsp3) is 0.394. The molecule has 0 atom stereocenters. The number of rotatable bonds is 9. The lowest BCUT2D eigenvalue weighted by Gasteiger charge is -2.33. The van der Waals surface area contributed by atoms with Crippen LogP contribution in [0, 0.1) is 12.8 Å². The number of hydrogen-bond donors (Lipinski definition) is 2. The Morgan fingerprint density at radius 2 is 1.82 bits per heavy atom. The van der Waals surface area contributed by atoms with E-state index in [1.807, 2.05) is 17.9 Å². The van der Waals surface area contributed by atoms with E-state index in [4.69, 9.17) is 0 Å². The first kappa shape index (κ1) is 30.8. The summed E-state index contributed by atoms with van der Waals surface area (Å²) < 4.78 is 42.0. The van der Waals surface area contributed by atoms with Gasteiger partial charge in [-0.2, -0.15) is 18.3 Å². The second kappa shape index (κ2) is 12.3. The molecule has 4 heterocycles. The number of carboxylic acid groups (broad SMARTS) is 1. The SMILES string of the molecule is CCc1cc(NCc2cc(C)sc2-c2cccc(-n3ncc(C(=O)O)c3C(F)(F)F)n2)ccc1C1CCN(C(=O)C2CC2)CC1. The first-order chi connectivity index (χ1) is 21.5. The zero-order valence-corrected chi connectivity index (χ0v) is 25.8. The molecule has 3 aromatic heterocycles. The number of piperidine rings is 1. The van der Waals surface area contributed by atoms with Crippen LogP contribution in [-0.2, 0) is 23.9 Å². The Kier molecular flexibility index (Phi) is 8.43. The van der Waals surface area contributed by atoms with Crippen LogP contribution in [0.2, 0.25) is 0 Å². The number of nitrogens with zero attached hydrogens (tertiary/aromatic N) is 4. The number of carbonyl (C=O) groups excluding carboxylic acids is 1. The van der Waals surface area contributed by atoms with Crippen LogP contribution >= 0.6 is 11.3 Å². The van der Waals surface area contributed by atoms with E-state index in [9.17, 15) is 27.9 Å². The zero-order valence-electron chi connectivity index (χ0n) is 25.0. The van der Waals surface area contributed by atoms with Gasteiger partial charge in [0.15, 0.2) is 11.5 Å². The second-order valence-electron chi connectivity index (χ2n) is 11.7. The maximum atomic E-state index is 13.8. The van der Waals surface area contributed by atoms with Crippen molar-refractivity contribution in [2.24, 2.45) is 5.92 Å². The highest BCUT2D eigenvalue weighted by atomic mass is 32.1. The van der Waals surface area contributed by atoms with Gasteiger partial charge in [0, 0.05) is 36.1 Å². The minimum Gasteiger partial charge on any atom is -0.478 e. The number of halogens is 3. The van der Waals surface area contributed by atoms with Gasteiger partial charge in [-0.15, -0.1) is 11.3 Å². The number of carboxylic acids is 1. The maximum absolute atomic E-state index is 13.8. The third-order valence-electron chi connectivity index (χ3n) is 8.56. The van der Waals surface area contributed by atoms with Gasteiger partial charge < -0.3 is 15.3 Å². The van der Waals surface area contributed by atoms with E-state index in [0.717, 1.165) is 66.2 Å². The Labute approximate surface area is 262 Å². The average molecular weight is 638 g/mol. The number of likely N-dealkylation sites (tertiary alicyclic amines) is 1. The van der Waals surface area contributed by atoms with Crippen molar-refractivity contribution >= 4 is 28.9 Å². The summed E-state index contributed by atoms with van der Waals surface area (Å²) in [6.45, 7) is 6.23. The molecule has 45 heavy (non-hydrogen) atoms. The number of aryl methyl sites for hydroxylation is 2. The molecule has 236 valence electrons. The maximum Gasteiger partial charge on any atom is 0.434 e. The van der Waals surface area contributed by atoms with E-state index in [1.54, 1.807) is 12.1 Å². The molecule has 0 spiro atoms. The highest BCUT2D eigenvalue weighted by Crippen LogP contribution is 2.38. The van der Waals surface area contributed by atoms with Crippen LogP contribution < -0.4 is 5.32 Å². The summed E-state index contributed by atoms with van der Waals surface area (Å²) >= 11 is 1.49. The largest absolute Gasteiger partial charge is 0.478 e. The fourth-order valence-corrected chi connectivity index (χ4v) is 7.15. The molecule has 0 radical (unpaired) electrons. The lowest BCUT2D eigenvalue weighted by molar-refractivity contribution is -0.143. The smallest absolute Gasteiger partial charge is 0.434 e. The predicted octanol–water partition coefficient (Wildman–Crippen LogP) is 7.31. The third kappa shape index (κ3) is 6.47. The molecule has 1 saturated carbocycles. The first-order valence-electron chi connectivity index (χ1n) is 15.1. The van der Waals surface area contributed by atoms with Crippen LogP contribution in [-0.4, -0.2) is 49.7 Å². The summed E-state index contributed by atoms with van der Waals surface area (Å²) in [5.74, 6) is -0.814. The molecule has 0 unspecified atom stereocenters. The molecule has 1 amide bonds. The number of anilines is 1. The first-order valence-corrected chi connectivity index (χ1v) is 16.0. The van der Waals surface area contributed by atoms with E-state index in [2.05, 4.69) is 40.5 Å². The molecule has 12 heteroatoms. The monoisotopic (exact) mass is 637 g/mol. The molecular formula is C33H34F3N5O3S. The molecule has 2 aliphatic rings. The lowest BCUT2D eigenvalue weighted by atomic mass is 9.85. The van der Waals surface area contributed by atoms with Gasteiger partial charge >= 0.3 is 12.1 Å². The van der Waals surface area contributed by atoms with E-state index < -0.39 is 23.4 Å². The fourth-order valence-electron chi connectivity index (χ4n) is 6.15. The summed E-state index contributed by atoms with van der Waals surface area (Å²) in [7, 11) is 0. The second-order valence-corrected chi connectivity index (χ2v) is 13.0. The van der Waals surface area contributed by atoms with Crippen molar-refractivity contribution < 1.29 is 27.9 Å². The van der Waals surface area contributed by atoms with Crippen molar-refractivity contribution in [3.05, 3.63) is 81.5 Å². The van der Waals surface area contributed by atoms with E-state index in [-0.39, 0.29) is 11.7 Å². The molecule has 4 aromatic rings. The number of amides is 1. The Morgan fingerprint density at radius 1 is 1.07 bits per heavy atom. The third-order valence-corrected chi connectivity index (χ3v) is 9.68. The molecule has 2 fully saturated rings. The van der Waals surface area contributed by atoms with Crippen LogP contribution in [0.1, 0.15) is 76.1 Å². The minimum atomic E-state index is -4.93. The van der Waals surface area contributed by atoms with E-state index in [1.165, 1.54) is 28.5 Å². The van der Waals surface area contributed by atoms with Crippen LogP contribution in [0.3, 0.4) is 0 Å². The summed E-state index contributed by atoms with van der Waals surface area (Å²) in [6.07, 6.45) is 0.667. The molecule has 0 bridgehead atoms. The molecule has 8 nitrogen and oxygen atoms in total. The highest BCUT2D eigenvalue weighted by molar-refractivity contribution is 7.15. The van der Waals surface area contributed by atoms with Crippen LogP contribution in [0.25, 0.3) is 16.4 Å². The number of hydrogen-bond acceptors (Lipinski definition) is 6. The zero-order chi connectivity index (χ0) is 31.9. The summed E-state index contributed by atoms with van der Waals surface area (Å²) in [4.78, 5) is 32.3. The molecule has 2 N–H and O–H groups in total. The van der Waals surface area contributed by atoms with Gasteiger partial charge in [0.25, 0.3) is 0 Å². The van der Waals surface area contributed by atoms with Crippen molar-refractivity contribution in [3.63, 3.8) is 0 Å². The van der Waals surface area contributed by atoms with E-state index >= 15 is 0 Å². The molecular weight excluding hydrogens is 603 g/mol. The Bertz CT molecular complexity index is 1740. The Hall–Kier alpha value is -4.19. The van der Waals surface area contributed by atoms with Gasteiger partial charge in [0.1, 0.15) is 5.56 Å². The van der Waals surface area contributed by atoms with Crippen molar-refractivity contribution in [2.75, 3.05) is 18.4 Å². The number of nitrogens with one attached hydrogen (secondary N) is 1. The number of thiophene rings is 1. The summed E-state index contributed by atoms with van der Waals surface area (Å²) in [5, 5.41) is 16.5. The molecule has 6 rings (SSSR count). The number of benzene rings is 1. The van der Waals surface area contributed by atoms with Crippen molar-refractivity contribution in [2.45, 2.75) is 64.6 Å². The van der Waals surface area contributed by atoms with Gasteiger partial charge in [-0.25, -0.2) is 14.5 Å². The van der Waals surface area contributed by atoms with Gasteiger partial charge in [0.2, 0.25) is 5.91 Å². The molecule has 1 saturated heterocycles. The Morgan fingerprint density at radius 3 is 2.49 bits per heavy atom.